The van der Waals surface area contributed by atoms with Crippen LogP contribution in [-0.4, -0.2) is 6.61 Å². The van der Waals surface area contributed by atoms with Crippen molar-refractivity contribution in [1.29, 1.82) is 0 Å². The Bertz CT molecular complexity index is 381. The zero-order chi connectivity index (χ0) is 14.9. The molecule has 0 radical (unpaired) electrons. The Morgan fingerprint density at radius 1 is 0.952 bits per heavy atom. The summed E-state index contributed by atoms with van der Waals surface area (Å²) in [7, 11) is 0. The largest absolute Gasteiger partial charge is 0.494 e. The molecule has 0 aliphatic heterocycles. The second-order valence-corrected chi connectivity index (χ2v) is 6.63. The van der Waals surface area contributed by atoms with Gasteiger partial charge in [-0.25, -0.2) is 0 Å². The van der Waals surface area contributed by atoms with Crippen LogP contribution in [0.25, 0.3) is 0 Å². The summed E-state index contributed by atoms with van der Waals surface area (Å²) < 4.78 is 5.76. The van der Waals surface area contributed by atoms with Crippen molar-refractivity contribution in [3.8, 4) is 5.75 Å². The van der Waals surface area contributed by atoms with E-state index in [4.69, 9.17) is 4.74 Å². The average Bonchev–Trinajstić information content (AvgIpc) is 2.74. The SMILES string of the molecule is CCCCOc1ccc(C2CCCC(CCC)CC2)cc1. The molecule has 0 heterocycles. The molecule has 0 bridgehead atoms. The molecule has 1 saturated carbocycles. The summed E-state index contributed by atoms with van der Waals surface area (Å²) in [6.45, 7) is 5.36. The van der Waals surface area contributed by atoms with Crippen LogP contribution in [0.5, 0.6) is 5.75 Å². The van der Waals surface area contributed by atoms with E-state index in [1.807, 2.05) is 0 Å². The maximum absolute atomic E-state index is 5.76. The van der Waals surface area contributed by atoms with Crippen LogP contribution in [0.1, 0.15) is 83.1 Å². The molecule has 0 amide bonds. The van der Waals surface area contributed by atoms with Gasteiger partial charge in [-0.15, -0.1) is 0 Å². The summed E-state index contributed by atoms with van der Waals surface area (Å²) >= 11 is 0. The lowest BCUT2D eigenvalue weighted by atomic mass is 9.90. The molecule has 1 heteroatoms. The second kappa shape index (κ2) is 9.12. The van der Waals surface area contributed by atoms with Gasteiger partial charge in [-0.05, 0) is 55.2 Å². The van der Waals surface area contributed by atoms with Gasteiger partial charge in [0.05, 0.1) is 6.61 Å². The number of ether oxygens (including phenoxy) is 1. The van der Waals surface area contributed by atoms with Crippen LogP contribution >= 0.6 is 0 Å². The van der Waals surface area contributed by atoms with E-state index in [-0.39, 0.29) is 0 Å². The standard InChI is InChI=1S/C20H32O/c1-3-5-16-21-20-14-12-19(13-15-20)18-9-6-8-17(7-4-2)10-11-18/h12-15,17-18H,3-11,16H2,1-2H3. The topological polar surface area (TPSA) is 9.23 Å². The maximum Gasteiger partial charge on any atom is 0.119 e. The molecule has 118 valence electrons. The molecule has 2 unspecified atom stereocenters. The first-order valence-electron chi connectivity index (χ1n) is 9.06. The number of hydrogen-bond donors (Lipinski definition) is 0. The smallest absolute Gasteiger partial charge is 0.119 e. The summed E-state index contributed by atoms with van der Waals surface area (Å²) in [6, 6.07) is 8.93. The Hall–Kier alpha value is -0.980. The van der Waals surface area contributed by atoms with E-state index in [9.17, 15) is 0 Å². The first-order chi connectivity index (χ1) is 10.3. The molecule has 1 nitrogen and oxygen atoms in total. The lowest BCUT2D eigenvalue weighted by Crippen LogP contribution is -2.00. The molecule has 2 rings (SSSR count). The van der Waals surface area contributed by atoms with Crippen LogP contribution in [0, 0.1) is 5.92 Å². The minimum absolute atomic E-state index is 0.775. The van der Waals surface area contributed by atoms with Crippen molar-refractivity contribution in [2.24, 2.45) is 5.92 Å². The fourth-order valence-corrected chi connectivity index (χ4v) is 3.58. The van der Waals surface area contributed by atoms with E-state index in [0.717, 1.165) is 30.6 Å². The predicted octanol–water partition coefficient (Wildman–Crippen LogP) is 6.33. The number of unbranched alkanes of at least 4 members (excludes halogenated alkanes) is 1. The van der Waals surface area contributed by atoms with Crippen LogP contribution in [0.4, 0.5) is 0 Å². The summed E-state index contributed by atoms with van der Waals surface area (Å²) in [6.07, 6.45) is 12.1. The van der Waals surface area contributed by atoms with Crippen molar-refractivity contribution in [3.05, 3.63) is 29.8 Å². The second-order valence-electron chi connectivity index (χ2n) is 6.63. The van der Waals surface area contributed by atoms with Crippen molar-refractivity contribution in [2.45, 2.75) is 77.6 Å². The van der Waals surface area contributed by atoms with Gasteiger partial charge in [-0.1, -0.05) is 58.1 Å². The number of hydrogen-bond acceptors (Lipinski definition) is 1. The van der Waals surface area contributed by atoms with Gasteiger partial charge in [0, 0.05) is 0 Å². The summed E-state index contributed by atoms with van der Waals surface area (Å²) in [4.78, 5) is 0. The first kappa shape index (κ1) is 16.4. The zero-order valence-corrected chi connectivity index (χ0v) is 13.9. The molecule has 0 spiro atoms. The fourth-order valence-electron chi connectivity index (χ4n) is 3.58. The molecule has 2 atom stereocenters. The van der Waals surface area contributed by atoms with Crippen LogP contribution in [0.15, 0.2) is 24.3 Å². The molecule has 21 heavy (non-hydrogen) atoms. The molecule has 0 aromatic heterocycles. The average molecular weight is 288 g/mol. The Kier molecular flexibility index (Phi) is 7.12. The molecule has 0 N–H and O–H groups in total. The third-order valence-corrected chi connectivity index (χ3v) is 4.90. The Morgan fingerprint density at radius 2 is 1.76 bits per heavy atom. The highest BCUT2D eigenvalue weighted by Gasteiger charge is 2.19. The van der Waals surface area contributed by atoms with Crippen molar-refractivity contribution in [2.75, 3.05) is 6.61 Å². The summed E-state index contributed by atoms with van der Waals surface area (Å²) in [5.74, 6) is 2.79. The van der Waals surface area contributed by atoms with Gasteiger partial charge in [0.15, 0.2) is 0 Å². The Morgan fingerprint density at radius 3 is 2.48 bits per heavy atom. The predicted molar refractivity (Wildman–Crippen MR) is 91.1 cm³/mol. The molecule has 1 aromatic rings. The van der Waals surface area contributed by atoms with E-state index in [1.54, 1.807) is 0 Å². The minimum atomic E-state index is 0.775. The summed E-state index contributed by atoms with van der Waals surface area (Å²) in [5.41, 5.74) is 1.52. The van der Waals surface area contributed by atoms with Gasteiger partial charge in [-0.3, -0.25) is 0 Å². The van der Waals surface area contributed by atoms with E-state index in [0.29, 0.717) is 0 Å². The highest BCUT2D eigenvalue weighted by molar-refractivity contribution is 5.29. The molecule has 0 saturated heterocycles. The third-order valence-electron chi connectivity index (χ3n) is 4.90. The zero-order valence-electron chi connectivity index (χ0n) is 13.9. The Balaban J connectivity index is 1.86. The molecule has 1 aromatic carbocycles. The Labute approximate surface area is 131 Å². The highest BCUT2D eigenvalue weighted by Crippen LogP contribution is 2.36. The van der Waals surface area contributed by atoms with E-state index >= 15 is 0 Å². The highest BCUT2D eigenvalue weighted by atomic mass is 16.5. The molecule has 1 aliphatic carbocycles. The first-order valence-corrected chi connectivity index (χ1v) is 9.06. The van der Waals surface area contributed by atoms with Gasteiger partial charge < -0.3 is 4.74 Å². The van der Waals surface area contributed by atoms with Crippen molar-refractivity contribution in [3.63, 3.8) is 0 Å². The van der Waals surface area contributed by atoms with Gasteiger partial charge in [0.1, 0.15) is 5.75 Å². The monoisotopic (exact) mass is 288 g/mol. The van der Waals surface area contributed by atoms with E-state index in [1.165, 1.54) is 56.9 Å². The van der Waals surface area contributed by atoms with Crippen molar-refractivity contribution >= 4 is 0 Å². The van der Waals surface area contributed by atoms with Crippen LogP contribution < -0.4 is 4.74 Å². The van der Waals surface area contributed by atoms with E-state index < -0.39 is 0 Å². The lowest BCUT2D eigenvalue weighted by Gasteiger charge is -2.16. The number of benzene rings is 1. The lowest BCUT2D eigenvalue weighted by molar-refractivity contribution is 0.309. The van der Waals surface area contributed by atoms with Gasteiger partial charge in [0.25, 0.3) is 0 Å². The molecule has 1 fully saturated rings. The van der Waals surface area contributed by atoms with Gasteiger partial charge in [-0.2, -0.15) is 0 Å². The van der Waals surface area contributed by atoms with E-state index in [2.05, 4.69) is 38.1 Å². The van der Waals surface area contributed by atoms with Gasteiger partial charge >= 0.3 is 0 Å². The molecular weight excluding hydrogens is 256 g/mol. The molecule has 1 aliphatic rings. The van der Waals surface area contributed by atoms with Crippen LogP contribution in [0.2, 0.25) is 0 Å². The van der Waals surface area contributed by atoms with Crippen molar-refractivity contribution < 1.29 is 4.74 Å². The van der Waals surface area contributed by atoms with Gasteiger partial charge in [0.2, 0.25) is 0 Å². The van der Waals surface area contributed by atoms with Crippen LogP contribution in [0.3, 0.4) is 0 Å². The summed E-state index contributed by atoms with van der Waals surface area (Å²) in [5, 5.41) is 0. The number of rotatable bonds is 7. The normalized spacial score (nSPS) is 22.8. The van der Waals surface area contributed by atoms with Crippen LogP contribution in [-0.2, 0) is 0 Å². The fraction of sp³-hybridized carbons (Fsp3) is 0.700. The third kappa shape index (κ3) is 5.37. The quantitative estimate of drug-likeness (QED) is 0.421. The maximum atomic E-state index is 5.76. The molecular formula is C20H32O. The van der Waals surface area contributed by atoms with Crippen molar-refractivity contribution in [1.82, 2.24) is 0 Å². The minimum Gasteiger partial charge on any atom is -0.494 e.